The van der Waals surface area contributed by atoms with Crippen LogP contribution in [0.2, 0.25) is 0 Å². The van der Waals surface area contributed by atoms with Gasteiger partial charge in [-0.25, -0.2) is 14.3 Å². The highest BCUT2D eigenvalue weighted by molar-refractivity contribution is 5.37. The highest BCUT2D eigenvalue weighted by atomic mass is 15.4. The van der Waals surface area contributed by atoms with Crippen molar-refractivity contribution < 1.29 is 0 Å². The van der Waals surface area contributed by atoms with Gasteiger partial charge in [0.15, 0.2) is 11.6 Å². The fourth-order valence-corrected chi connectivity index (χ4v) is 3.06. The van der Waals surface area contributed by atoms with Gasteiger partial charge in [0.2, 0.25) is 0 Å². The molecule has 0 N–H and O–H groups in total. The average molecular weight is 351 g/mol. The zero-order valence-corrected chi connectivity index (χ0v) is 17.1. The third-order valence-corrected chi connectivity index (χ3v) is 4.35. The van der Waals surface area contributed by atoms with Crippen molar-refractivity contribution in [3.63, 3.8) is 0 Å². The Hall–Kier alpha value is -2.43. The monoisotopic (exact) mass is 351 g/mol. The van der Waals surface area contributed by atoms with Crippen molar-refractivity contribution >= 4 is 0 Å². The molecule has 5 nitrogen and oxygen atoms in total. The van der Waals surface area contributed by atoms with E-state index in [1.165, 1.54) is 0 Å². The van der Waals surface area contributed by atoms with E-state index < -0.39 is 0 Å². The van der Waals surface area contributed by atoms with Crippen molar-refractivity contribution in [2.75, 3.05) is 0 Å². The summed E-state index contributed by atoms with van der Waals surface area (Å²) in [5, 5.41) is 9.37. The van der Waals surface area contributed by atoms with E-state index in [-0.39, 0.29) is 10.8 Å². The zero-order valence-electron chi connectivity index (χ0n) is 17.1. The van der Waals surface area contributed by atoms with Crippen LogP contribution in [0, 0.1) is 13.8 Å². The standard InChI is InChI=1S/C21H29N5/c1-14-12-16(20(3,4)5)25(23-14)18-10-9-11-19(22-18)26-17(21(6,7)8)13-15(2)24-26/h9-13H,1-8H3. The second kappa shape index (κ2) is 6.08. The lowest BCUT2D eigenvalue weighted by molar-refractivity contribution is 0.535. The average Bonchev–Trinajstić information content (AvgIpc) is 3.10. The summed E-state index contributed by atoms with van der Waals surface area (Å²) >= 11 is 0. The van der Waals surface area contributed by atoms with E-state index in [9.17, 15) is 0 Å². The van der Waals surface area contributed by atoms with Gasteiger partial charge in [0.05, 0.1) is 22.8 Å². The Kier molecular flexibility index (Phi) is 4.29. The van der Waals surface area contributed by atoms with Gasteiger partial charge in [-0.1, -0.05) is 47.6 Å². The summed E-state index contributed by atoms with van der Waals surface area (Å²) in [6.45, 7) is 17.2. The van der Waals surface area contributed by atoms with Crippen LogP contribution in [0.15, 0.2) is 30.3 Å². The number of nitrogens with zero attached hydrogens (tertiary/aromatic N) is 5. The normalized spacial score (nSPS) is 12.6. The Balaban J connectivity index is 2.15. The maximum Gasteiger partial charge on any atom is 0.156 e. The fraction of sp³-hybridized carbons (Fsp3) is 0.476. The molecule has 0 aliphatic heterocycles. The number of aryl methyl sites for hydroxylation is 2. The molecule has 3 aromatic heterocycles. The summed E-state index contributed by atoms with van der Waals surface area (Å²) in [4.78, 5) is 4.89. The first-order chi connectivity index (χ1) is 12.0. The molecule has 3 aromatic rings. The second-order valence-corrected chi connectivity index (χ2v) is 9.02. The number of hydrogen-bond acceptors (Lipinski definition) is 3. The smallest absolute Gasteiger partial charge is 0.156 e. The third-order valence-electron chi connectivity index (χ3n) is 4.35. The summed E-state index contributed by atoms with van der Waals surface area (Å²) in [5.74, 6) is 1.63. The molecule has 138 valence electrons. The molecular weight excluding hydrogens is 322 g/mol. The second-order valence-electron chi connectivity index (χ2n) is 9.02. The summed E-state index contributed by atoms with van der Waals surface area (Å²) in [6.07, 6.45) is 0. The summed E-state index contributed by atoms with van der Waals surface area (Å²) in [6, 6.07) is 10.3. The lowest BCUT2D eigenvalue weighted by Crippen LogP contribution is -2.20. The van der Waals surface area contributed by atoms with Gasteiger partial charge < -0.3 is 0 Å². The predicted molar refractivity (Wildman–Crippen MR) is 105 cm³/mol. The van der Waals surface area contributed by atoms with Crippen LogP contribution in [0.5, 0.6) is 0 Å². The largest absolute Gasteiger partial charge is 0.219 e. The highest BCUT2D eigenvalue weighted by Gasteiger charge is 2.24. The van der Waals surface area contributed by atoms with E-state index in [0.29, 0.717) is 0 Å². The number of pyridine rings is 1. The van der Waals surface area contributed by atoms with Crippen LogP contribution in [0.1, 0.15) is 64.3 Å². The molecule has 0 saturated carbocycles. The lowest BCUT2D eigenvalue weighted by Gasteiger charge is -2.21. The molecule has 3 heterocycles. The Morgan fingerprint density at radius 1 is 0.692 bits per heavy atom. The highest BCUT2D eigenvalue weighted by Crippen LogP contribution is 2.27. The van der Waals surface area contributed by atoms with Gasteiger partial charge in [0.1, 0.15) is 0 Å². The molecule has 0 radical (unpaired) electrons. The van der Waals surface area contributed by atoms with Crippen molar-refractivity contribution in [3.8, 4) is 11.6 Å². The number of aromatic nitrogens is 5. The van der Waals surface area contributed by atoms with Crippen LogP contribution in [0.4, 0.5) is 0 Å². The summed E-state index contributed by atoms with van der Waals surface area (Å²) in [7, 11) is 0. The molecule has 0 bridgehead atoms. The molecule has 26 heavy (non-hydrogen) atoms. The van der Waals surface area contributed by atoms with Crippen molar-refractivity contribution in [2.45, 2.75) is 66.2 Å². The van der Waals surface area contributed by atoms with E-state index in [1.807, 2.05) is 41.4 Å². The van der Waals surface area contributed by atoms with Gasteiger partial charge in [-0.2, -0.15) is 10.2 Å². The van der Waals surface area contributed by atoms with Crippen molar-refractivity contribution in [1.29, 1.82) is 0 Å². The maximum atomic E-state index is 4.89. The van der Waals surface area contributed by atoms with E-state index in [0.717, 1.165) is 34.4 Å². The summed E-state index contributed by atoms with van der Waals surface area (Å²) in [5.41, 5.74) is 4.25. The molecule has 0 fully saturated rings. The first-order valence-electron chi connectivity index (χ1n) is 9.09. The SMILES string of the molecule is Cc1cc(C(C)(C)C)n(-c2cccc(-n3nc(C)cc3C(C)(C)C)n2)n1. The van der Waals surface area contributed by atoms with E-state index >= 15 is 0 Å². The van der Waals surface area contributed by atoms with Crippen LogP contribution in [0.3, 0.4) is 0 Å². The first kappa shape index (κ1) is 18.4. The van der Waals surface area contributed by atoms with Gasteiger partial charge in [0.25, 0.3) is 0 Å². The van der Waals surface area contributed by atoms with E-state index in [4.69, 9.17) is 4.98 Å². The van der Waals surface area contributed by atoms with Crippen molar-refractivity contribution in [2.24, 2.45) is 0 Å². The molecule has 5 heteroatoms. The Morgan fingerprint density at radius 2 is 1.08 bits per heavy atom. The van der Waals surface area contributed by atoms with Crippen LogP contribution in [-0.4, -0.2) is 24.5 Å². The van der Waals surface area contributed by atoms with Gasteiger partial charge in [-0.15, -0.1) is 0 Å². The predicted octanol–water partition coefficient (Wildman–Crippen LogP) is 4.66. The minimum Gasteiger partial charge on any atom is -0.219 e. The molecule has 0 aliphatic rings. The van der Waals surface area contributed by atoms with E-state index in [1.54, 1.807) is 0 Å². The molecule has 0 unspecified atom stereocenters. The third kappa shape index (κ3) is 3.43. The van der Waals surface area contributed by atoms with Gasteiger partial charge in [0, 0.05) is 10.8 Å². The van der Waals surface area contributed by atoms with Crippen LogP contribution in [0.25, 0.3) is 11.6 Å². The van der Waals surface area contributed by atoms with Gasteiger partial charge >= 0.3 is 0 Å². The minimum absolute atomic E-state index is 0.0161. The molecule has 0 saturated heterocycles. The molecular formula is C21H29N5. The Labute approximate surface area is 156 Å². The summed E-state index contributed by atoms with van der Waals surface area (Å²) < 4.78 is 3.90. The molecule has 0 atom stereocenters. The Bertz CT molecular complexity index is 859. The number of hydrogen-bond donors (Lipinski definition) is 0. The lowest BCUT2D eigenvalue weighted by atomic mass is 9.92. The van der Waals surface area contributed by atoms with Crippen molar-refractivity contribution in [1.82, 2.24) is 24.5 Å². The topological polar surface area (TPSA) is 48.5 Å². The zero-order chi connectivity index (χ0) is 19.3. The van der Waals surface area contributed by atoms with Crippen LogP contribution >= 0.6 is 0 Å². The van der Waals surface area contributed by atoms with Crippen molar-refractivity contribution in [3.05, 3.63) is 53.1 Å². The molecule has 0 spiro atoms. The van der Waals surface area contributed by atoms with Gasteiger partial charge in [-0.3, -0.25) is 0 Å². The maximum absolute atomic E-state index is 4.89. The molecule has 0 aliphatic carbocycles. The van der Waals surface area contributed by atoms with Gasteiger partial charge in [-0.05, 0) is 38.1 Å². The number of rotatable bonds is 2. The van der Waals surface area contributed by atoms with E-state index in [2.05, 4.69) is 63.9 Å². The Morgan fingerprint density at radius 3 is 1.42 bits per heavy atom. The first-order valence-corrected chi connectivity index (χ1v) is 9.09. The van der Waals surface area contributed by atoms with Crippen LogP contribution < -0.4 is 0 Å². The molecule has 0 amide bonds. The minimum atomic E-state index is -0.0161. The quantitative estimate of drug-likeness (QED) is 0.674. The molecule has 0 aromatic carbocycles. The molecule has 3 rings (SSSR count). The van der Waals surface area contributed by atoms with Crippen LogP contribution in [-0.2, 0) is 10.8 Å². The fourth-order valence-electron chi connectivity index (χ4n) is 3.06.